The van der Waals surface area contributed by atoms with E-state index in [1.54, 1.807) is 34.2 Å². The molecule has 3 aromatic rings. The number of piperidine rings is 1. The van der Waals surface area contributed by atoms with Crippen molar-refractivity contribution in [1.82, 2.24) is 20.0 Å². The number of H-pyrrole nitrogens is 1. The summed E-state index contributed by atoms with van der Waals surface area (Å²) in [7, 11) is 0. The van der Waals surface area contributed by atoms with Crippen molar-refractivity contribution in [2.24, 2.45) is 5.41 Å². The summed E-state index contributed by atoms with van der Waals surface area (Å²) in [5, 5.41) is 7.63. The van der Waals surface area contributed by atoms with Crippen LogP contribution >= 0.6 is 11.6 Å². The van der Waals surface area contributed by atoms with Crippen LogP contribution in [0.25, 0.3) is 10.9 Å². The number of amides is 3. The molecule has 1 aromatic heterocycles. The molecular weight excluding hydrogens is 525 g/mol. The number of carbonyl (C=O) groups excluding carboxylic acids is 3. The van der Waals surface area contributed by atoms with Crippen molar-refractivity contribution in [3.05, 3.63) is 58.5 Å². The van der Waals surface area contributed by atoms with Crippen molar-refractivity contribution >= 4 is 45.9 Å². The quantitative estimate of drug-likeness (QED) is 0.539. The predicted octanol–water partition coefficient (Wildman–Crippen LogP) is 3.12. The Labute approximate surface area is 228 Å². The second-order valence-corrected chi connectivity index (χ2v) is 11.6. The number of hydrogen-bond donors (Lipinski definition) is 1. The van der Waals surface area contributed by atoms with Gasteiger partial charge in [0.2, 0.25) is 11.8 Å². The van der Waals surface area contributed by atoms with Gasteiger partial charge in [-0.25, -0.2) is 4.39 Å². The molecule has 39 heavy (non-hydrogen) atoms. The van der Waals surface area contributed by atoms with Crippen molar-refractivity contribution in [2.45, 2.75) is 24.7 Å². The maximum atomic E-state index is 14.7. The van der Waals surface area contributed by atoms with Gasteiger partial charge in [0.15, 0.2) is 0 Å². The van der Waals surface area contributed by atoms with E-state index in [1.807, 2.05) is 6.07 Å². The fraction of sp³-hybridized carbons (Fsp3) is 0.429. The molecule has 11 heteroatoms. The SMILES string of the molecule is O=C(CN1C(=O)C2(CCN(C(=O)c3ccc4[nH]ncc4c3)CC2)c2c1ccc(F)c2Cl)N1CCC2(COC2)C1. The van der Waals surface area contributed by atoms with Gasteiger partial charge in [0, 0.05) is 48.1 Å². The van der Waals surface area contributed by atoms with Crippen LogP contribution in [0.5, 0.6) is 0 Å². The van der Waals surface area contributed by atoms with Gasteiger partial charge in [0.25, 0.3) is 5.91 Å². The normalized spacial score (nSPS) is 21.2. The molecule has 0 atom stereocenters. The van der Waals surface area contributed by atoms with Crippen molar-refractivity contribution < 1.29 is 23.5 Å². The number of likely N-dealkylation sites (tertiary alicyclic amines) is 2. The number of rotatable bonds is 3. The summed E-state index contributed by atoms with van der Waals surface area (Å²) in [5.41, 5.74) is 1.24. The molecule has 5 heterocycles. The van der Waals surface area contributed by atoms with E-state index in [2.05, 4.69) is 10.2 Å². The van der Waals surface area contributed by atoms with Crippen LogP contribution in [0.4, 0.5) is 10.1 Å². The minimum absolute atomic E-state index is 0.0394. The zero-order chi connectivity index (χ0) is 26.9. The topological polar surface area (TPSA) is 98.8 Å². The van der Waals surface area contributed by atoms with E-state index >= 15 is 0 Å². The highest BCUT2D eigenvalue weighted by Gasteiger charge is 2.55. The van der Waals surface area contributed by atoms with Gasteiger partial charge in [-0.15, -0.1) is 0 Å². The van der Waals surface area contributed by atoms with Crippen LogP contribution in [0.1, 0.15) is 35.2 Å². The van der Waals surface area contributed by atoms with Crippen LogP contribution in [0.15, 0.2) is 36.5 Å². The molecule has 1 N–H and O–H groups in total. The first-order valence-electron chi connectivity index (χ1n) is 13.2. The lowest BCUT2D eigenvalue weighted by Crippen LogP contribution is -2.52. The van der Waals surface area contributed by atoms with E-state index in [4.69, 9.17) is 16.3 Å². The molecule has 7 rings (SSSR count). The summed E-state index contributed by atoms with van der Waals surface area (Å²) in [6.45, 7) is 3.05. The zero-order valence-corrected chi connectivity index (χ0v) is 22.0. The van der Waals surface area contributed by atoms with Crippen LogP contribution in [0.2, 0.25) is 5.02 Å². The van der Waals surface area contributed by atoms with Gasteiger partial charge >= 0.3 is 0 Å². The molecule has 3 amide bonds. The van der Waals surface area contributed by atoms with Gasteiger partial charge < -0.3 is 19.4 Å². The zero-order valence-electron chi connectivity index (χ0n) is 21.2. The second-order valence-electron chi connectivity index (χ2n) is 11.3. The first-order valence-corrected chi connectivity index (χ1v) is 13.6. The first kappa shape index (κ1) is 24.5. The summed E-state index contributed by atoms with van der Waals surface area (Å²) in [6, 6.07) is 8.14. The molecule has 3 fully saturated rings. The molecule has 2 spiro atoms. The van der Waals surface area contributed by atoms with Gasteiger partial charge in [0.1, 0.15) is 12.4 Å². The first-order chi connectivity index (χ1) is 18.8. The Morgan fingerprint density at radius 2 is 1.85 bits per heavy atom. The summed E-state index contributed by atoms with van der Waals surface area (Å²) < 4.78 is 20.1. The highest BCUT2D eigenvalue weighted by Crippen LogP contribution is 2.51. The summed E-state index contributed by atoms with van der Waals surface area (Å²) >= 11 is 6.51. The number of aromatic amines is 1. The largest absolute Gasteiger partial charge is 0.380 e. The predicted molar refractivity (Wildman–Crippen MR) is 141 cm³/mol. The van der Waals surface area contributed by atoms with E-state index in [0.717, 1.165) is 17.3 Å². The minimum atomic E-state index is -1.09. The number of halogens is 2. The number of fused-ring (bicyclic) bond motifs is 3. The third-order valence-corrected chi connectivity index (χ3v) is 9.36. The van der Waals surface area contributed by atoms with E-state index in [1.165, 1.54) is 11.0 Å². The molecular formula is C28H27ClFN5O4. The number of benzene rings is 2. The number of anilines is 1. The lowest BCUT2D eigenvalue weighted by molar-refractivity contribution is -0.135. The molecule has 3 saturated heterocycles. The van der Waals surface area contributed by atoms with Crippen LogP contribution < -0.4 is 4.90 Å². The highest BCUT2D eigenvalue weighted by atomic mass is 35.5. The van der Waals surface area contributed by atoms with Crippen molar-refractivity contribution in [3.8, 4) is 0 Å². The Hall–Kier alpha value is -3.50. The Kier molecular flexibility index (Phi) is 5.51. The van der Waals surface area contributed by atoms with Gasteiger partial charge in [-0.2, -0.15) is 5.10 Å². The molecule has 0 unspecified atom stereocenters. The standard InChI is InChI=1S/C28H27ClFN5O4/c29-24-19(30)2-4-21-23(24)28(26(38)35(21)13-22(36)34-8-5-27(14-34)15-39-16-27)6-9-33(10-7-28)25(37)17-1-3-20-18(11-17)12-31-32-20/h1-4,11-12H,5-10,13-16H2,(H,31,32). The monoisotopic (exact) mass is 551 g/mol. The van der Waals surface area contributed by atoms with Crippen molar-refractivity contribution in [2.75, 3.05) is 50.8 Å². The lowest BCUT2D eigenvalue weighted by Gasteiger charge is -2.39. The van der Waals surface area contributed by atoms with E-state index in [-0.39, 0.29) is 47.5 Å². The number of aromatic nitrogens is 2. The van der Waals surface area contributed by atoms with Gasteiger partial charge in [0.05, 0.1) is 41.1 Å². The fourth-order valence-electron chi connectivity index (χ4n) is 6.68. The molecule has 2 aromatic carbocycles. The third kappa shape index (κ3) is 3.68. The van der Waals surface area contributed by atoms with E-state index in [9.17, 15) is 18.8 Å². The second kappa shape index (κ2) is 8.76. The average molecular weight is 552 g/mol. The lowest BCUT2D eigenvalue weighted by atomic mass is 9.73. The maximum absolute atomic E-state index is 14.7. The number of hydrogen-bond acceptors (Lipinski definition) is 5. The fourth-order valence-corrected chi connectivity index (χ4v) is 7.02. The Balaban J connectivity index is 1.13. The van der Waals surface area contributed by atoms with Crippen LogP contribution in [-0.4, -0.2) is 83.7 Å². The summed E-state index contributed by atoms with van der Waals surface area (Å²) in [6.07, 6.45) is 3.13. The summed E-state index contributed by atoms with van der Waals surface area (Å²) in [5.74, 6) is -1.14. The summed E-state index contributed by atoms with van der Waals surface area (Å²) in [4.78, 5) is 45.6. The number of nitrogens with zero attached hydrogens (tertiary/aromatic N) is 4. The van der Waals surface area contributed by atoms with Gasteiger partial charge in [-0.1, -0.05) is 11.6 Å². The van der Waals surface area contributed by atoms with Gasteiger partial charge in [-0.3, -0.25) is 19.5 Å². The molecule has 0 bridgehead atoms. The average Bonchev–Trinajstić information content (AvgIpc) is 3.64. The molecule has 0 aliphatic carbocycles. The third-order valence-electron chi connectivity index (χ3n) is 8.99. The van der Waals surface area contributed by atoms with Crippen LogP contribution in [0, 0.1) is 11.2 Å². The van der Waals surface area contributed by atoms with Gasteiger partial charge in [-0.05, 0) is 49.6 Å². The highest BCUT2D eigenvalue weighted by molar-refractivity contribution is 6.33. The smallest absolute Gasteiger partial charge is 0.253 e. The Bertz CT molecular complexity index is 1530. The molecule has 0 radical (unpaired) electrons. The van der Waals surface area contributed by atoms with E-state index in [0.29, 0.717) is 56.2 Å². The number of ether oxygens (including phenoxy) is 1. The van der Waals surface area contributed by atoms with Crippen molar-refractivity contribution in [3.63, 3.8) is 0 Å². The molecule has 4 aliphatic heterocycles. The van der Waals surface area contributed by atoms with E-state index < -0.39 is 11.2 Å². The molecule has 9 nitrogen and oxygen atoms in total. The Morgan fingerprint density at radius 1 is 1.08 bits per heavy atom. The number of carbonyl (C=O) groups is 3. The minimum Gasteiger partial charge on any atom is -0.380 e. The Morgan fingerprint density at radius 3 is 2.56 bits per heavy atom. The molecule has 202 valence electrons. The molecule has 0 saturated carbocycles. The molecule has 4 aliphatic rings. The van der Waals surface area contributed by atoms with Crippen LogP contribution in [-0.2, 0) is 19.7 Å². The number of nitrogens with one attached hydrogen (secondary N) is 1. The maximum Gasteiger partial charge on any atom is 0.253 e. The van der Waals surface area contributed by atoms with Crippen molar-refractivity contribution in [1.29, 1.82) is 0 Å². The van der Waals surface area contributed by atoms with Crippen LogP contribution in [0.3, 0.4) is 0 Å².